The second-order valence-electron chi connectivity index (χ2n) is 6.17. The van der Waals surface area contributed by atoms with Crippen molar-refractivity contribution in [2.24, 2.45) is 0 Å². The van der Waals surface area contributed by atoms with Crippen molar-refractivity contribution in [3.05, 3.63) is 72.0 Å². The number of amides is 1. The van der Waals surface area contributed by atoms with E-state index < -0.39 is 5.91 Å². The summed E-state index contributed by atoms with van der Waals surface area (Å²) in [5, 5.41) is 13.3. The Morgan fingerprint density at radius 2 is 2.00 bits per heavy atom. The number of aromatic nitrogens is 2. The van der Waals surface area contributed by atoms with E-state index in [0.29, 0.717) is 27.4 Å². The van der Waals surface area contributed by atoms with Gasteiger partial charge in [0.1, 0.15) is 23.2 Å². The van der Waals surface area contributed by atoms with Crippen LogP contribution in [0.3, 0.4) is 0 Å². The van der Waals surface area contributed by atoms with Crippen molar-refractivity contribution in [1.82, 2.24) is 9.97 Å². The number of hydrogen-bond donors (Lipinski definition) is 2. The Hall–Kier alpha value is -3.96. The van der Waals surface area contributed by atoms with Gasteiger partial charge < -0.3 is 19.5 Å². The Labute approximate surface area is 176 Å². The lowest BCUT2D eigenvalue weighted by molar-refractivity contribution is -0.112. The molecule has 0 fully saturated rings. The topological polar surface area (TPSA) is 104 Å². The van der Waals surface area contributed by atoms with Crippen LogP contribution in [0.4, 0.5) is 5.69 Å². The second-order valence-corrected chi connectivity index (χ2v) is 7.16. The molecule has 7 nitrogen and oxygen atoms in total. The zero-order chi connectivity index (χ0) is 20.9. The molecule has 2 aromatic carbocycles. The van der Waals surface area contributed by atoms with E-state index in [4.69, 9.17) is 9.15 Å². The van der Waals surface area contributed by atoms with Crippen LogP contribution >= 0.6 is 11.8 Å². The molecule has 0 aliphatic heterocycles. The Bertz CT molecular complexity index is 1230. The number of benzene rings is 2. The standard InChI is InChI=1S/C22H16N4O3S/c1-28-16-8-6-15(7-9-16)24-21(27)14(13-23)12-17-10-11-20(29-17)30-22-25-18-4-2-3-5-19(18)26-22/h2-12H,1H3,(H,24,27)(H,25,26). The summed E-state index contributed by atoms with van der Waals surface area (Å²) < 4.78 is 10.8. The lowest BCUT2D eigenvalue weighted by Gasteiger charge is -2.05. The second kappa shape index (κ2) is 8.59. The van der Waals surface area contributed by atoms with Gasteiger partial charge in [0.2, 0.25) is 0 Å². The third-order valence-electron chi connectivity index (χ3n) is 4.17. The molecule has 0 radical (unpaired) electrons. The Kier molecular flexibility index (Phi) is 5.54. The van der Waals surface area contributed by atoms with E-state index >= 15 is 0 Å². The summed E-state index contributed by atoms with van der Waals surface area (Å²) in [6.07, 6.45) is 1.40. The predicted molar refractivity (Wildman–Crippen MR) is 114 cm³/mol. The fourth-order valence-corrected chi connectivity index (χ4v) is 3.47. The number of imidazole rings is 1. The number of H-pyrrole nitrogens is 1. The van der Waals surface area contributed by atoms with Crippen molar-refractivity contribution in [3.8, 4) is 11.8 Å². The van der Waals surface area contributed by atoms with Crippen molar-refractivity contribution < 1.29 is 13.9 Å². The first-order valence-electron chi connectivity index (χ1n) is 8.94. The van der Waals surface area contributed by atoms with Crippen molar-refractivity contribution >= 4 is 40.5 Å². The van der Waals surface area contributed by atoms with E-state index in [1.54, 1.807) is 43.5 Å². The van der Waals surface area contributed by atoms with Crippen molar-refractivity contribution in [2.75, 3.05) is 12.4 Å². The van der Waals surface area contributed by atoms with Crippen LogP contribution in [0.1, 0.15) is 5.76 Å². The minimum atomic E-state index is -0.523. The molecule has 0 saturated carbocycles. The number of ether oxygens (including phenoxy) is 1. The van der Waals surface area contributed by atoms with Gasteiger partial charge in [0.15, 0.2) is 10.2 Å². The molecule has 0 aliphatic carbocycles. The van der Waals surface area contributed by atoms with Crippen molar-refractivity contribution in [3.63, 3.8) is 0 Å². The highest BCUT2D eigenvalue weighted by Gasteiger charge is 2.12. The van der Waals surface area contributed by atoms with Gasteiger partial charge in [-0.2, -0.15) is 5.26 Å². The number of rotatable bonds is 6. The van der Waals surface area contributed by atoms with Gasteiger partial charge in [-0.3, -0.25) is 4.79 Å². The number of fused-ring (bicyclic) bond motifs is 1. The van der Waals surface area contributed by atoms with E-state index in [0.717, 1.165) is 11.0 Å². The molecule has 30 heavy (non-hydrogen) atoms. The number of nitrogens with one attached hydrogen (secondary N) is 2. The first kappa shape index (κ1) is 19.4. The summed E-state index contributed by atoms with van der Waals surface area (Å²) in [4.78, 5) is 20.1. The van der Waals surface area contributed by atoms with Gasteiger partial charge in [-0.15, -0.1) is 0 Å². The van der Waals surface area contributed by atoms with Gasteiger partial charge in [-0.05, 0) is 60.3 Å². The molecule has 2 N–H and O–H groups in total. The number of para-hydroxylation sites is 2. The number of hydrogen-bond acceptors (Lipinski definition) is 6. The van der Waals surface area contributed by atoms with Gasteiger partial charge in [0.05, 0.1) is 18.1 Å². The van der Waals surface area contributed by atoms with E-state index in [9.17, 15) is 10.1 Å². The lowest BCUT2D eigenvalue weighted by Crippen LogP contribution is -2.13. The number of aromatic amines is 1. The minimum Gasteiger partial charge on any atom is -0.497 e. The Morgan fingerprint density at radius 1 is 1.20 bits per heavy atom. The minimum absolute atomic E-state index is 0.0690. The molecule has 148 valence electrons. The maximum Gasteiger partial charge on any atom is 0.266 e. The largest absolute Gasteiger partial charge is 0.497 e. The predicted octanol–water partition coefficient (Wildman–Crippen LogP) is 4.86. The fourth-order valence-electron chi connectivity index (χ4n) is 2.70. The Balaban J connectivity index is 1.46. The molecule has 4 aromatic rings. The highest BCUT2D eigenvalue weighted by atomic mass is 32.2. The smallest absolute Gasteiger partial charge is 0.266 e. The van der Waals surface area contributed by atoms with Gasteiger partial charge in [0.25, 0.3) is 5.91 Å². The SMILES string of the molecule is COc1ccc(NC(=O)C(C#N)=Cc2ccc(Sc3nc4ccccc4[nH]3)o2)cc1. The molecule has 0 saturated heterocycles. The van der Waals surface area contributed by atoms with Crippen LogP contribution in [-0.4, -0.2) is 23.0 Å². The molecule has 0 aliphatic rings. The van der Waals surface area contributed by atoms with E-state index in [1.165, 1.54) is 17.8 Å². The number of nitrogens with zero attached hydrogens (tertiary/aromatic N) is 2. The first-order chi connectivity index (χ1) is 14.6. The van der Waals surface area contributed by atoms with Crippen LogP contribution in [0.2, 0.25) is 0 Å². The number of carbonyl (C=O) groups is 1. The molecule has 2 aromatic heterocycles. The summed E-state index contributed by atoms with van der Waals surface area (Å²) in [7, 11) is 1.56. The summed E-state index contributed by atoms with van der Waals surface area (Å²) in [5.41, 5.74) is 2.30. The van der Waals surface area contributed by atoms with Crippen LogP contribution < -0.4 is 10.1 Å². The van der Waals surface area contributed by atoms with Gasteiger partial charge >= 0.3 is 0 Å². The van der Waals surface area contributed by atoms with Crippen LogP contribution in [-0.2, 0) is 4.79 Å². The molecule has 4 rings (SSSR count). The highest BCUT2D eigenvalue weighted by Crippen LogP contribution is 2.29. The Morgan fingerprint density at radius 3 is 2.73 bits per heavy atom. The van der Waals surface area contributed by atoms with Crippen LogP contribution in [0, 0.1) is 11.3 Å². The molecule has 0 atom stereocenters. The van der Waals surface area contributed by atoms with Crippen molar-refractivity contribution in [2.45, 2.75) is 10.2 Å². The molecule has 0 unspecified atom stereocenters. The molecule has 0 bridgehead atoms. The van der Waals surface area contributed by atoms with E-state index in [1.807, 2.05) is 30.3 Å². The van der Waals surface area contributed by atoms with Gasteiger partial charge in [-0.1, -0.05) is 12.1 Å². The average molecular weight is 416 g/mol. The fraction of sp³-hybridized carbons (Fsp3) is 0.0455. The summed E-state index contributed by atoms with van der Waals surface area (Å²) in [6, 6.07) is 19.9. The first-order valence-corrected chi connectivity index (χ1v) is 9.76. The molecular weight excluding hydrogens is 400 g/mol. The number of methoxy groups -OCH3 is 1. The van der Waals surface area contributed by atoms with Crippen molar-refractivity contribution in [1.29, 1.82) is 5.26 Å². The number of nitriles is 1. The maximum absolute atomic E-state index is 12.4. The van der Waals surface area contributed by atoms with E-state index in [2.05, 4.69) is 15.3 Å². The quantitative estimate of drug-likeness (QED) is 0.344. The third-order valence-corrected chi connectivity index (χ3v) is 4.97. The third kappa shape index (κ3) is 4.37. The molecule has 2 heterocycles. The van der Waals surface area contributed by atoms with Crippen LogP contribution in [0.15, 0.2) is 80.9 Å². The zero-order valence-corrected chi connectivity index (χ0v) is 16.7. The maximum atomic E-state index is 12.4. The van der Waals surface area contributed by atoms with Crippen LogP contribution in [0.25, 0.3) is 17.1 Å². The van der Waals surface area contributed by atoms with Crippen LogP contribution in [0.5, 0.6) is 5.75 Å². The molecular formula is C22H16N4O3S. The molecule has 1 amide bonds. The van der Waals surface area contributed by atoms with Gasteiger partial charge in [-0.25, -0.2) is 4.98 Å². The summed E-state index contributed by atoms with van der Waals surface area (Å²) >= 11 is 1.33. The number of furan rings is 1. The zero-order valence-electron chi connectivity index (χ0n) is 15.9. The molecule has 8 heteroatoms. The summed E-state index contributed by atoms with van der Waals surface area (Å²) in [5.74, 6) is 0.551. The highest BCUT2D eigenvalue weighted by molar-refractivity contribution is 7.99. The normalized spacial score (nSPS) is 11.3. The van der Waals surface area contributed by atoms with E-state index in [-0.39, 0.29) is 5.57 Å². The lowest BCUT2D eigenvalue weighted by atomic mass is 10.2. The average Bonchev–Trinajstić information content (AvgIpc) is 3.38. The number of carbonyl (C=O) groups excluding carboxylic acids is 1. The molecule has 0 spiro atoms. The number of anilines is 1. The monoisotopic (exact) mass is 416 g/mol. The van der Waals surface area contributed by atoms with Gasteiger partial charge in [0, 0.05) is 11.8 Å². The summed E-state index contributed by atoms with van der Waals surface area (Å²) in [6.45, 7) is 0.